The van der Waals surface area contributed by atoms with Crippen molar-refractivity contribution in [2.75, 3.05) is 14.2 Å². The number of carbonyl (C=O) groups excluding carboxylic acids is 2. The maximum atomic E-state index is 12.8. The smallest absolute Gasteiger partial charge is 0.336 e. The number of esters is 2. The Kier molecular flexibility index (Phi) is 5.09. The molecule has 0 amide bonds. The minimum Gasteiger partial charge on any atom is -0.466 e. The minimum absolute atomic E-state index is 0.309. The highest BCUT2D eigenvalue weighted by Crippen LogP contribution is 2.48. The summed E-state index contributed by atoms with van der Waals surface area (Å²) < 4.78 is 9.93. The number of allylic oxidation sites excluding steroid dienone is 2. The molecule has 26 heavy (non-hydrogen) atoms. The van der Waals surface area contributed by atoms with Crippen LogP contribution in [0, 0.1) is 5.92 Å². The number of ether oxygens (including phenoxy) is 2. The van der Waals surface area contributed by atoms with Crippen molar-refractivity contribution in [3.05, 3.63) is 34.2 Å². The van der Waals surface area contributed by atoms with Crippen molar-refractivity contribution in [2.45, 2.75) is 52.6 Å². The molecule has 143 valence electrons. The van der Waals surface area contributed by atoms with Crippen LogP contribution in [0.5, 0.6) is 0 Å². The van der Waals surface area contributed by atoms with E-state index in [2.05, 4.69) is 5.32 Å². The van der Waals surface area contributed by atoms with Crippen molar-refractivity contribution >= 4 is 11.9 Å². The van der Waals surface area contributed by atoms with E-state index in [0.29, 0.717) is 28.1 Å². The van der Waals surface area contributed by atoms with Gasteiger partial charge in [0, 0.05) is 17.3 Å². The summed E-state index contributed by atoms with van der Waals surface area (Å²) in [6, 6.07) is 0. The van der Waals surface area contributed by atoms with Gasteiger partial charge in [0.05, 0.1) is 36.4 Å². The minimum atomic E-state index is -0.912. The molecule has 1 radical (unpaired) electrons. The van der Waals surface area contributed by atoms with Gasteiger partial charge in [-0.15, -0.1) is 10.3 Å². The SMILES string of the molecule is COC(=O)C1=C(C)NC(C)=C(C(=O)OC)C1C1=CC(C)(C)N([O])C1(C)C. The number of hydrogen-bond donors (Lipinski definition) is 1. The molecule has 0 aromatic rings. The lowest BCUT2D eigenvalue weighted by Gasteiger charge is -2.38. The van der Waals surface area contributed by atoms with Gasteiger partial charge in [-0.2, -0.15) is 0 Å². The van der Waals surface area contributed by atoms with Gasteiger partial charge in [-0.25, -0.2) is 9.59 Å². The van der Waals surface area contributed by atoms with Crippen molar-refractivity contribution in [1.29, 1.82) is 0 Å². The van der Waals surface area contributed by atoms with E-state index < -0.39 is 28.9 Å². The number of nitrogens with one attached hydrogen (secondary N) is 1. The van der Waals surface area contributed by atoms with Gasteiger partial charge in [-0.3, -0.25) is 0 Å². The van der Waals surface area contributed by atoms with Crippen molar-refractivity contribution in [1.82, 2.24) is 10.4 Å². The van der Waals surface area contributed by atoms with E-state index >= 15 is 0 Å². The summed E-state index contributed by atoms with van der Waals surface area (Å²) in [6.07, 6.45) is 1.84. The van der Waals surface area contributed by atoms with E-state index in [0.717, 1.165) is 5.06 Å². The summed E-state index contributed by atoms with van der Waals surface area (Å²) in [5.41, 5.74) is 0.793. The number of carbonyl (C=O) groups is 2. The standard InChI is InChI=1S/C19H27N2O5/c1-10-13(16(22)25-7)15(14(11(2)20-10)17(23)26-8)12-9-18(3,4)21(24)19(12,5)6/h9,15,20H,1-8H3. The topological polar surface area (TPSA) is 87.8 Å². The molecule has 2 aliphatic heterocycles. The second-order valence-corrected chi connectivity index (χ2v) is 7.73. The predicted molar refractivity (Wildman–Crippen MR) is 94.8 cm³/mol. The molecular weight excluding hydrogens is 336 g/mol. The number of hydroxylamine groups is 2. The van der Waals surface area contributed by atoms with E-state index in [9.17, 15) is 14.8 Å². The first-order valence-corrected chi connectivity index (χ1v) is 8.46. The predicted octanol–water partition coefficient (Wildman–Crippen LogP) is 2.24. The molecule has 0 spiro atoms. The first-order chi connectivity index (χ1) is 11.9. The maximum absolute atomic E-state index is 12.8. The van der Waals surface area contributed by atoms with Gasteiger partial charge in [0.2, 0.25) is 0 Å². The Hall–Kier alpha value is -2.12. The monoisotopic (exact) mass is 363 g/mol. The largest absolute Gasteiger partial charge is 0.466 e. The van der Waals surface area contributed by atoms with Gasteiger partial charge >= 0.3 is 11.9 Å². The Balaban J connectivity index is 2.78. The summed E-state index contributed by atoms with van der Waals surface area (Å²) >= 11 is 0. The zero-order chi connectivity index (χ0) is 20.0. The van der Waals surface area contributed by atoms with Gasteiger partial charge in [-0.05, 0) is 47.1 Å². The van der Waals surface area contributed by atoms with Crippen LogP contribution in [0.3, 0.4) is 0 Å². The molecule has 0 aromatic carbocycles. The molecule has 1 N–H and O–H groups in total. The Bertz CT molecular complexity index is 705. The van der Waals surface area contributed by atoms with E-state index in [4.69, 9.17) is 9.47 Å². The first kappa shape index (κ1) is 20.2. The molecule has 0 saturated carbocycles. The van der Waals surface area contributed by atoms with Crippen LogP contribution >= 0.6 is 0 Å². The van der Waals surface area contributed by atoms with Crippen LogP contribution in [0.15, 0.2) is 34.2 Å². The summed E-state index contributed by atoms with van der Waals surface area (Å²) in [7, 11) is 2.58. The molecule has 2 rings (SSSR count). The second-order valence-electron chi connectivity index (χ2n) is 7.73. The van der Waals surface area contributed by atoms with E-state index in [1.54, 1.807) is 41.5 Å². The van der Waals surface area contributed by atoms with Crippen molar-refractivity contribution in [2.24, 2.45) is 5.92 Å². The molecule has 7 heteroatoms. The van der Waals surface area contributed by atoms with Crippen LogP contribution < -0.4 is 5.32 Å². The second kappa shape index (κ2) is 6.55. The van der Waals surface area contributed by atoms with Crippen LogP contribution in [0.25, 0.3) is 0 Å². The summed E-state index contributed by atoms with van der Waals surface area (Å²) in [4.78, 5) is 25.1. The number of nitrogens with zero attached hydrogens (tertiary/aromatic N) is 1. The van der Waals surface area contributed by atoms with Gasteiger partial charge in [0.25, 0.3) is 0 Å². The molecular formula is C19H27N2O5. The van der Waals surface area contributed by atoms with Crippen molar-refractivity contribution in [3.8, 4) is 0 Å². The first-order valence-electron chi connectivity index (χ1n) is 8.46. The quantitative estimate of drug-likeness (QED) is 0.611. The molecule has 2 heterocycles. The van der Waals surface area contributed by atoms with E-state index in [1.165, 1.54) is 14.2 Å². The molecule has 0 aliphatic carbocycles. The van der Waals surface area contributed by atoms with Crippen molar-refractivity contribution < 1.29 is 24.3 Å². The third kappa shape index (κ3) is 2.95. The molecule has 0 unspecified atom stereocenters. The summed E-state index contributed by atoms with van der Waals surface area (Å²) in [6.45, 7) is 10.7. The van der Waals surface area contributed by atoms with Crippen molar-refractivity contribution in [3.63, 3.8) is 0 Å². The molecule has 0 fully saturated rings. The zero-order valence-electron chi connectivity index (χ0n) is 16.6. The molecule has 0 saturated heterocycles. The maximum Gasteiger partial charge on any atom is 0.336 e. The van der Waals surface area contributed by atoms with Gasteiger partial charge in [-0.1, -0.05) is 6.08 Å². The number of hydrogen-bond acceptors (Lipinski definition) is 6. The van der Waals surface area contributed by atoms with Gasteiger partial charge < -0.3 is 14.8 Å². The highest BCUT2D eigenvalue weighted by Gasteiger charge is 2.52. The Labute approximate surface area is 154 Å². The highest BCUT2D eigenvalue weighted by atomic mass is 16.5. The molecule has 7 nitrogen and oxygen atoms in total. The lowest BCUT2D eigenvalue weighted by molar-refractivity contribution is -0.239. The summed E-state index contributed by atoms with van der Waals surface area (Å²) in [5, 5.41) is 16.9. The lowest BCUT2D eigenvalue weighted by atomic mass is 9.74. The molecule has 0 aromatic heterocycles. The average molecular weight is 363 g/mol. The van der Waals surface area contributed by atoms with Gasteiger partial charge in [0.15, 0.2) is 0 Å². The number of rotatable bonds is 3. The third-order valence-electron chi connectivity index (χ3n) is 5.13. The lowest BCUT2D eigenvalue weighted by Crippen LogP contribution is -2.48. The van der Waals surface area contributed by atoms with Crippen LogP contribution in [0.1, 0.15) is 41.5 Å². The van der Waals surface area contributed by atoms with Crippen LogP contribution in [-0.4, -0.2) is 42.3 Å². The number of dihydropyridines is 1. The van der Waals surface area contributed by atoms with E-state index in [-0.39, 0.29) is 0 Å². The molecule has 0 bridgehead atoms. The average Bonchev–Trinajstić information content (AvgIpc) is 2.72. The van der Waals surface area contributed by atoms with Crippen LogP contribution in [-0.2, 0) is 24.3 Å². The fraction of sp³-hybridized carbons (Fsp3) is 0.579. The normalized spacial score (nSPS) is 22.9. The highest BCUT2D eigenvalue weighted by molar-refractivity contribution is 5.99. The Morgan fingerprint density at radius 3 is 1.73 bits per heavy atom. The third-order valence-corrected chi connectivity index (χ3v) is 5.13. The fourth-order valence-electron chi connectivity index (χ4n) is 3.96. The number of methoxy groups -OCH3 is 2. The van der Waals surface area contributed by atoms with Gasteiger partial charge in [0.1, 0.15) is 0 Å². The Morgan fingerprint density at radius 2 is 1.42 bits per heavy atom. The summed E-state index contributed by atoms with van der Waals surface area (Å²) in [5.74, 6) is -1.81. The molecule has 0 atom stereocenters. The zero-order valence-corrected chi connectivity index (χ0v) is 16.6. The van der Waals surface area contributed by atoms with Crippen LogP contribution in [0.2, 0.25) is 0 Å². The fourth-order valence-corrected chi connectivity index (χ4v) is 3.96. The molecule has 2 aliphatic rings. The van der Waals surface area contributed by atoms with Crippen LogP contribution in [0.4, 0.5) is 0 Å². The van der Waals surface area contributed by atoms with E-state index in [1.807, 2.05) is 6.08 Å². The Morgan fingerprint density at radius 1 is 1.00 bits per heavy atom.